The van der Waals surface area contributed by atoms with Crippen molar-refractivity contribution in [2.45, 2.75) is 50.5 Å². The molecule has 2 unspecified atom stereocenters. The Bertz CT molecular complexity index is 298. The lowest BCUT2D eigenvalue weighted by Gasteiger charge is -2.37. The first kappa shape index (κ1) is 14.0. The minimum atomic E-state index is -0.403. The van der Waals surface area contributed by atoms with E-state index >= 15 is 0 Å². The molecule has 0 aromatic carbocycles. The predicted molar refractivity (Wildman–Crippen MR) is 75.1 cm³/mol. The standard InChI is InChI=1S/C13H24N2O2S/c1-13(2,3)17-12(16)15-7-6-14-10(9-15)11-5-4-8-18-11/h10-11,14H,4-9H2,1-3H3. The second kappa shape index (κ2) is 5.70. The summed E-state index contributed by atoms with van der Waals surface area (Å²) in [5.41, 5.74) is -0.403. The predicted octanol–water partition coefficient (Wildman–Crippen LogP) is 2.09. The second-order valence-electron chi connectivity index (χ2n) is 6.04. The molecule has 0 radical (unpaired) electrons. The Labute approximate surface area is 114 Å². The van der Waals surface area contributed by atoms with E-state index in [1.807, 2.05) is 37.4 Å². The van der Waals surface area contributed by atoms with Crippen LogP contribution in [-0.4, -0.2) is 53.3 Å². The van der Waals surface area contributed by atoms with E-state index in [0.29, 0.717) is 11.3 Å². The van der Waals surface area contributed by atoms with Gasteiger partial charge in [-0.2, -0.15) is 11.8 Å². The number of nitrogens with zero attached hydrogens (tertiary/aromatic N) is 1. The van der Waals surface area contributed by atoms with Crippen LogP contribution in [0.15, 0.2) is 0 Å². The number of rotatable bonds is 1. The number of carbonyl (C=O) groups excluding carboxylic acids is 1. The molecule has 1 amide bonds. The first-order valence-electron chi connectivity index (χ1n) is 6.78. The Morgan fingerprint density at radius 3 is 2.83 bits per heavy atom. The van der Waals surface area contributed by atoms with Crippen LogP contribution >= 0.6 is 11.8 Å². The lowest BCUT2D eigenvalue weighted by atomic mass is 10.1. The molecule has 5 heteroatoms. The lowest BCUT2D eigenvalue weighted by molar-refractivity contribution is 0.0195. The van der Waals surface area contributed by atoms with E-state index < -0.39 is 5.60 Å². The van der Waals surface area contributed by atoms with Crippen LogP contribution in [0.25, 0.3) is 0 Å². The van der Waals surface area contributed by atoms with Crippen molar-refractivity contribution in [3.63, 3.8) is 0 Å². The van der Waals surface area contributed by atoms with Crippen molar-refractivity contribution in [3.8, 4) is 0 Å². The maximum absolute atomic E-state index is 12.0. The summed E-state index contributed by atoms with van der Waals surface area (Å²) in [5.74, 6) is 1.26. The molecule has 2 atom stereocenters. The van der Waals surface area contributed by atoms with Gasteiger partial charge in [0, 0.05) is 30.9 Å². The minimum absolute atomic E-state index is 0.169. The van der Waals surface area contributed by atoms with Gasteiger partial charge in [0.2, 0.25) is 0 Å². The molecule has 104 valence electrons. The van der Waals surface area contributed by atoms with Crippen LogP contribution in [0.4, 0.5) is 4.79 Å². The highest BCUT2D eigenvalue weighted by Crippen LogP contribution is 2.30. The second-order valence-corrected chi connectivity index (χ2v) is 7.39. The summed E-state index contributed by atoms with van der Waals surface area (Å²) >= 11 is 2.03. The van der Waals surface area contributed by atoms with Crippen LogP contribution < -0.4 is 5.32 Å². The van der Waals surface area contributed by atoms with Gasteiger partial charge in [0.15, 0.2) is 0 Å². The van der Waals surface area contributed by atoms with Gasteiger partial charge in [0.25, 0.3) is 0 Å². The van der Waals surface area contributed by atoms with Crippen LogP contribution in [0.1, 0.15) is 33.6 Å². The monoisotopic (exact) mass is 272 g/mol. The molecule has 2 rings (SSSR count). The molecule has 18 heavy (non-hydrogen) atoms. The fraction of sp³-hybridized carbons (Fsp3) is 0.923. The topological polar surface area (TPSA) is 41.6 Å². The number of carbonyl (C=O) groups is 1. The number of hydrogen-bond donors (Lipinski definition) is 1. The Balaban J connectivity index is 1.87. The van der Waals surface area contributed by atoms with Crippen molar-refractivity contribution in [2.75, 3.05) is 25.4 Å². The van der Waals surface area contributed by atoms with Crippen molar-refractivity contribution >= 4 is 17.9 Å². The molecule has 2 aliphatic heterocycles. The van der Waals surface area contributed by atoms with Gasteiger partial charge in [-0.1, -0.05) is 0 Å². The molecular formula is C13H24N2O2S. The summed E-state index contributed by atoms with van der Waals surface area (Å²) in [6, 6.07) is 0.429. The quantitative estimate of drug-likeness (QED) is 0.793. The average Bonchev–Trinajstić information content (AvgIpc) is 2.80. The van der Waals surface area contributed by atoms with Crippen molar-refractivity contribution in [1.29, 1.82) is 0 Å². The number of amides is 1. The number of hydrogen-bond acceptors (Lipinski definition) is 4. The van der Waals surface area contributed by atoms with Gasteiger partial charge in [-0.3, -0.25) is 0 Å². The summed E-state index contributed by atoms with van der Waals surface area (Å²) in [6.45, 7) is 8.16. The molecule has 0 aromatic rings. The zero-order valence-electron chi connectivity index (χ0n) is 11.6. The molecule has 0 saturated carbocycles. The average molecular weight is 272 g/mol. The number of thioether (sulfide) groups is 1. The van der Waals surface area contributed by atoms with Gasteiger partial charge in [-0.25, -0.2) is 4.79 Å². The molecule has 2 heterocycles. The number of nitrogens with one attached hydrogen (secondary N) is 1. The van der Waals surface area contributed by atoms with E-state index in [9.17, 15) is 4.79 Å². The van der Waals surface area contributed by atoms with Gasteiger partial charge < -0.3 is 15.0 Å². The van der Waals surface area contributed by atoms with Crippen LogP contribution in [0.5, 0.6) is 0 Å². The van der Waals surface area contributed by atoms with Crippen LogP contribution in [-0.2, 0) is 4.74 Å². The Morgan fingerprint density at radius 1 is 1.44 bits per heavy atom. The molecule has 2 saturated heterocycles. The Hall–Kier alpha value is -0.420. The molecule has 4 nitrogen and oxygen atoms in total. The fourth-order valence-corrected chi connectivity index (χ4v) is 3.82. The summed E-state index contributed by atoms with van der Waals surface area (Å²) in [7, 11) is 0. The molecule has 2 fully saturated rings. The van der Waals surface area contributed by atoms with Gasteiger partial charge in [0.05, 0.1) is 0 Å². The first-order chi connectivity index (χ1) is 8.46. The van der Waals surface area contributed by atoms with E-state index in [1.165, 1.54) is 18.6 Å². The summed E-state index contributed by atoms with van der Waals surface area (Å²) < 4.78 is 5.44. The molecule has 2 aliphatic rings. The van der Waals surface area contributed by atoms with E-state index in [-0.39, 0.29) is 6.09 Å². The number of piperazine rings is 1. The van der Waals surface area contributed by atoms with E-state index in [1.54, 1.807) is 0 Å². The molecular weight excluding hydrogens is 248 g/mol. The normalized spacial score (nSPS) is 29.4. The van der Waals surface area contributed by atoms with Crippen LogP contribution in [0.3, 0.4) is 0 Å². The SMILES string of the molecule is CC(C)(C)OC(=O)N1CCNC(C2CCCS2)C1. The van der Waals surface area contributed by atoms with Crippen LogP contribution in [0, 0.1) is 0 Å². The Morgan fingerprint density at radius 2 is 2.22 bits per heavy atom. The summed E-state index contributed by atoms with van der Waals surface area (Å²) in [6.07, 6.45) is 2.40. The van der Waals surface area contributed by atoms with Gasteiger partial charge >= 0.3 is 6.09 Å². The van der Waals surface area contributed by atoms with Crippen molar-refractivity contribution in [2.24, 2.45) is 0 Å². The number of ether oxygens (including phenoxy) is 1. The third-order valence-electron chi connectivity index (χ3n) is 3.27. The first-order valence-corrected chi connectivity index (χ1v) is 7.83. The summed E-state index contributed by atoms with van der Waals surface area (Å²) in [4.78, 5) is 13.9. The highest BCUT2D eigenvalue weighted by molar-refractivity contribution is 8.00. The van der Waals surface area contributed by atoms with Crippen LogP contribution in [0.2, 0.25) is 0 Å². The zero-order valence-corrected chi connectivity index (χ0v) is 12.4. The maximum atomic E-state index is 12.0. The maximum Gasteiger partial charge on any atom is 0.410 e. The van der Waals surface area contributed by atoms with Gasteiger partial charge in [-0.05, 0) is 39.4 Å². The molecule has 0 aromatic heterocycles. The Kier molecular flexibility index (Phi) is 4.43. The van der Waals surface area contributed by atoms with Crippen molar-refractivity contribution < 1.29 is 9.53 Å². The van der Waals surface area contributed by atoms with Gasteiger partial charge in [0.1, 0.15) is 5.60 Å². The highest BCUT2D eigenvalue weighted by Gasteiger charge is 2.32. The molecule has 0 bridgehead atoms. The molecule has 0 aliphatic carbocycles. The molecule has 1 N–H and O–H groups in total. The van der Waals surface area contributed by atoms with Gasteiger partial charge in [-0.15, -0.1) is 0 Å². The lowest BCUT2D eigenvalue weighted by Crippen LogP contribution is -2.56. The van der Waals surface area contributed by atoms with E-state index in [2.05, 4.69) is 5.32 Å². The van der Waals surface area contributed by atoms with Crippen molar-refractivity contribution in [3.05, 3.63) is 0 Å². The zero-order chi connectivity index (χ0) is 13.2. The summed E-state index contributed by atoms with van der Waals surface area (Å²) in [5, 5.41) is 4.20. The third kappa shape index (κ3) is 3.79. The smallest absolute Gasteiger partial charge is 0.410 e. The molecule has 0 spiro atoms. The highest BCUT2D eigenvalue weighted by atomic mass is 32.2. The van der Waals surface area contributed by atoms with E-state index in [4.69, 9.17) is 4.74 Å². The largest absolute Gasteiger partial charge is 0.444 e. The van der Waals surface area contributed by atoms with E-state index in [0.717, 1.165) is 19.6 Å². The van der Waals surface area contributed by atoms with Crippen molar-refractivity contribution in [1.82, 2.24) is 10.2 Å². The minimum Gasteiger partial charge on any atom is -0.444 e. The fourth-order valence-electron chi connectivity index (χ4n) is 2.44. The third-order valence-corrected chi connectivity index (χ3v) is 4.79.